The highest BCUT2D eigenvalue weighted by atomic mass is 16.6. The lowest BCUT2D eigenvalue weighted by molar-refractivity contribution is 0.277. The van der Waals surface area contributed by atoms with E-state index >= 15 is 0 Å². The van der Waals surface area contributed by atoms with Crippen LogP contribution < -0.4 is 4.74 Å². The van der Waals surface area contributed by atoms with E-state index in [0.717, 1.165) is 45.3 Å². The summed E-state index contributed by atoms with van der Waals surface area (Å²) in [6.45, 7) is 9.20. The van der Waals surface area contributed by atoms with Crippen LogP contribution in [0, 0.1) is 27.7 Å². The first-order valence-electron chi connectivity index (χ1n) is 8.48. The molecule has 7 nitrogen and oxygen atoms in total. The molecular weight excluding hydrogens is 332 g/mol. The van der Waals surface area contributed by atoms with Crippen molar-refractivity contribution in [1.82, 2.24) is 20.2 Å². The number of aromatic nitrogens is 3. The maximum atomic E-state index is 5.94. The molecule has 0 aliphatic rings. The highest BCUT2D eigenvalue weighted by Gasteiger charge is 2.17. The first kappa shape index (κ1) is 18.1. The van der Waals surface area contributed by atoms with E-state index in [1.807, 2.05) is 40.0 Å². The van der Waals surface area contributed by atoms with Crippen molar-refractivity contribution in [3.63, 3.8) is 0 Å². The monoisotopic (exact) mass is 356 g/mol. The largest absolute Gasteiger partial charge is 0.496 e. The lowest BCUT2D eigenvalue weighted by Gasteiger charge is -2.13. The zero-order valence-corrected chi connectivity index (χ0v) is 16.1. The molecule has 0 saturated carbocycles. The van der Waals surface area contributed by atoms with E-state index < -0.39 is 0 Å². The van der Waals surface area contributed by atoms with Crippen LogP contribution in [-0.2, 0) is 13.1 Å². The minimum absolute atomic E-state index is 0.633. The molecule has 0 saturated heterocycles. The van der Waals surface area contributed by atoms with E-state index in [-0.39, 0.29) is 0 Å². The second-order valence-corrected chi connectivity index (χ2v) is 6.56. The lowest BCUT2D eigenvalue weighted by Crippen LogP contribution is -2.18. The summed E-state index contributed by atoms with van der Waals surface area (Å²) < 4.78 is 16.1. The molecule has 0 bridgehead atoms. The summed E-state index contributed by atoms with van der Waals surface area (Å²) in [5.74, 6) is 2.31. The lowest BCUT2D eigenvalue weighted by atomic mass is 10.0. The Hall–Kier alpha value is -2.67. The predicted molar refractivity (Wildman–Crippen MR) is 96.9 cm³/mol. The van der Waals surface area contributed by atoms with E-state index in [0.29, 0.717) is 19.0 Å². The summed E-state index contributed by atoms with van der Waals surface area (Å²) in [5, 5.41) is 7.74. The fourth-order valence-electron chi connectivity index (χ4n) is 2.90. The Kier molecular flexibility index (Phi) is 5.08. The number of ether oxygens (including phenoxy) is 1. The molecule has 0 fully saturated rings. The van der Waals surface area contributed by atoms with Crippen molar-refractivity contribution in [3.8, 4) is 17.2 Å². The molecule has 2 heterocycles. The Balaban J connectivity index is 1.81. The smallest absolute Gasteiger partial charge is 0.226 e. The molecule has 1 aromatic carbocycles. The molecule has 0 amide bonds. The summed E-state index contributed by atoms with van der Waals surface area (Å²) in [7, 11) is 3.68. The van der Waals surface area contributed by atoms with Crippen LogP contribution in [0.2, 0.25) is 0 Å². The summed E-state index contributed by atoms with van der Waals surface area (Å²) in [6.07, 6.45) is 0. The van der Waals surface area contributed by atoms with Crippen molar-refractivity contribution in [1.29, 1.82) is 0 Å². The fourth-order valence-corrected chi connectivity index (χ4v) is 2.90. The Morgan fingerprint density at radius 1 is 1.00 bits per heavy atom. The summed E-state index contributed by atoms with van der Waals surface area (Å²) >= 11 is 0. The number of methoxy groups -OCH3 is 1. The Labute approximate surface area is 152 Å². The van der Waals surface area contributed by atoms with Gasteiger partial charge in [0.1, 0.15) is 22.9 Å². The number of benzene rings is 1. The molecule has 138 valence electrons. The number of oxazole rings is 1. The zero-order chi connectivity index (χ0) is 18.8. The maximum Gasteiger partial charge on any atom is 0.226 e. The third-order valence-corrected chi connectivity index (χ3v) is 4.67. The second kappa shape index (κ2) is 7.29. The topological polar surface area (TPSA) is 77.4 Å². The van der Waals surface area contributed by atoms with Crippen LogP contribution in [0.3, 0.4) is 0 Å². The number of aryl methyl sites for hydroxylation is 2. The quantitative estimate of drug-likeness (QED) is 0.668. The molecule has 3 rings (SSSR count). The molecule has 0 aliphatic carbocycles. The number of rotatable bonds is 6. The fraction of sp³-hybridized carbons (Fsp3) is 0.421. The summed E-state index contributed by atoms with van der Waals surface area (Å²) in [6, 6.07) is 3.94. The van der Waals surface area contributed by atoms with Gasteiger partial charge in [-0.2, -0.15) is 0 Å². The second-order valence-electron chi connectivity index (χ2n) is 6.56. The van der Waals surface area contributed by atoms with Crippen molar-refractivity contribution in [2.75, 3.05) is 14.2 Å². The number of hydrogen-bond acceptors (Lipinski definition) is 7. The van der Waals surface area contributed by atoms with E-state index in [1.165, 1.54) is 0 Å². The highest BCUT2D eigenvalue weighted by Crippen LogP contribution is 2.31. The molecule has 26 heavy (non-hydrogen) atoms. The molecule has 0 spiro atoms. The molecule has 0 radical (unpaired) electrons. The Morgan fingerprint density at radius 2 is 1.73 bits per heavy atom. The molecule has 0 N–H and O–H groups in total. The van der Waals surface area contributed by atoms with Gasteiger partial charge >= 0.3 is 0 Å². The first-order chi connectivity index (χ1) is 12.4. The Bertz CT molecular complexity index is 914. The normalized spacial score (nSPS) is 11.3. The minimum atomic E-state index is 0.633. The SMILES string of the molecule is COc1ccc(-c2nc(CN(C)Cc3nonc3C)c(C)o2)c(C)c1C. The molecule has 0 aliphatic heterocycles. The van der Waals surface area contributed by atoms with Crippen molar-refractivity contribution in [2.24, 2.45) is 0 Å². The molecule has 2 aromatic heterocycles. The first-order valence-corrected chi connectivity index (χ1v) is 8.48. The maximum absolute atomic E-state index is 5.94. The summed E-state index contributed by atoms with van der Waals surface area (Å²) in [5.41, 5.74) is 5.72. The van der Waals surface area contributed by atoms with Gasteiger partial charge in [-0.25, -0.2) is 9.61 Å². The highest BCUT2D eigenvalue weighted by molar-refractivity contribution is 5.63. The third-order valence-electron chi connectivity index (χ3n) is 4.67. The average molecular weight is 356 g/mol. The van der Waals surface area contributed by atoms with E-state index in [4.69, 9.17) is 18.8 Å². The van der Waals surface area contributed by atoms with Crippen LogP contribution >= 0.6 is 0 Å². The number of hydrogen-bond donors (Lipinski definition) is 0. The van der Waals surface area contributed by atoms with Gasteiger partial charge in [0.2, 0.25) is 5.89 Å². The van der Waals surface area contributed by atoms with Crippen LogP contribution in [0.25, 0.3) is 11.5 Å². The average Bonchev–Trinajstić information content (AvgIpc) is 3.16. The van der Waals surface area contributed by atoms with Gasteiger partial charge in [0.15, 0.2) is 0 Å². The van der Waals surface area contributed by atoms with Crippen molar-refractivity contribution >= 4 is 0 Å². The van der Waals surface area contributed by atoms with Crippen molar-refractivity contribution in [3.05, 3.63) is 46.1 Å². The van der Waals surface area contributed by atoms with Crippen molar-refractivity contribution < 1.29 is 13.8 Å². The zero-order valence-electron chi connectivity index (χ0n) is 16.1. The standard InChI is InChI=1S/C19H24N4O3/c1-11-12(2)18(24-6)8-7-15(11)19-20-17(14(4)25-19)10-23(5)9-16-13(3)21-26-22-16/h7-8H,9-10H2,1-6H3. The van der Waals surface area contributed by atoms with E-state index in [9.17, 15) is 0 Å². The number of nitrogens with zero attached hydrogens (tertiary/aromatic N) is 4. The third kappa shape index (κ3) is 3.48. The molecule has 3 aromatic rings. The van der Waals surface area contributed by atoms with Crippen molar-refractivity contribution in [2.45, 2.75) is 40.8 Å². The molecule has 7 heteroatoms. The van der Waals surface area contributed by atoms with Crippen LogP contribution in [-0.4, -0.2) is 34.4 Å². The van der Waals surface area contributed by atoms with Gasteiger partial charge in [-0.15, -0.1) is 0 Å². The summed E-state index contributed by atoms with van der Waals surface area (Å²) in [4.78, 5) is 6.82. The van der Waals surface area contributed by atoms with Crippen LogP contribution in [0.5, 0.6) is 5.75 Å². The van der Waals surface area contributed by atoms with Gasteiger partial charge < -0.3 is 9.15 Å². The van der Waals surface area contributed by atoms with Gasteiger partial charge in [-0.1, -0.05) is 10.3 Å². The van der Waals surface area contributed by atoms with Gasteiger partial charge in [0, 0.05) is 18.7 Å². The van der Waals surface area contributed by atoms with Gasteiger partial charge in [-0.3, -0.25) is 4.90 Å². The predicted octanol–water partition coefficient (Wildman–Crippen LogP) is 3.60. The van der Waals surface area contributed by atoms with Crippen LogP contribution in [0.15, 0.2) is 21.2 Å². The van der Waals surface area contributed by atoms with Crippen LogP contribution in [0.4, 0.5) is 0 Å². The van der Waals surface area contributed by atoms with E-state index in [1.54, 1.807) is 7.11 Å². The van der Waals surface area contributed by atoms with E-state index in [2.05, 4.69) is 22.1 Å². The molecular formula is C19H24N4O3. The van der Waals surface area contributed by atoms with Gasteiger partial charge in [0.05, 0.1) is 12.8 Å². The minimum Gasteiger partial charge on any atom is -0.496 e. The molecule has 0 unspecified atom stereocenters. The van der Waals surface area contributed by atoms with Gasteiger partial charge in [-0.05, 0) is 58.0 Å². The van der Waals surface area contributed by atoms with Gasteiger partial charge in [0.25, 0.3) is 0 Å². The Morgan fingerprint density at radius 3 is 2.38 bits per heavy atom. The van der Waals surface area contributed by atoms with Crippen LogP contribution in [0.1, 0.15) is 34.0 Å². The molecule has 0 atom stereocenters.